The molecule has 1 aliphatic rings. The summed E-state index contributed by atoms with van der Waals surface area (Å²) in [6.45, 7) is 0.915. The van der Waals surface area contributed by atoms with E-state index in [0.29, 0.717) is 12.0 Å². The average molecular weight is 231 g/mol. The van der Waals surface area contributed by atoms with Crippen molar-refractivity contribution in [1.29, 1.82) is 0 Å². The highest BCUT2D eigenvalue weighted by Crippen LogP contribution is 2.24. The van der Waals surface area contributed by atoms with Gasteiger partial charge in [-0.25, -0.2) is 9.50 Å². The first-order chi connectivity index (χ1) is 8.33. The standard InChI is InChI=1S/C12H17N5/c13-10-3-1-2-9(10)8-14-11-5-7-17-12(16-11)4-6-15-17/h4-7,9-10H,1-3,8,13H2,(H,14,16). The van der Waals surface area contributed by atoms with Gasteiger partial charge in [0.2, 0.25) is 0 Å². The minimum atomic E-state index is 0.348. The molecule has 5 heteroatoms. The number of rotatable bonds is 3. The highest BCUT2D eigenvalue weighted by Gasteiger charge is 2.23. The van der Waals surface area contributed by atoms with Crippen molar-refractivity contribution < 1.29 is 0 Å². The van der Waals surface area contributed by atoms with Crippen LogP contribution in [0.5, 0.6) is 0 Å². The second kappa shape index (κ2) is 4.33. The molecule has 0 saturated heterocycles. The Morgan fingerprint density at radius 2 is 2.35 bits per heavy atom. The largest absolute Gasteiger partial charge is 0.370 e. The molecule has 1 aliphatic carbocycles. The summed E-state index contributed by atoms with van der Waals surface area (Å²) in [6, 6.07) is 4.19. The van der Waals surface area contributed by atoms with Crippen LogP contribution in [0.25, 0.3) is 5.65 Å². The number of hydrogen-bond acceptors (Lipinski definition) is 4. The molecule has 0 aromatic carbocycles. The molecule has 0 amide bonds. The van der Waals surface area contributed by atoms with E-state index in [1.807, 2.05) is 18.3 Å². The Morgan fingerprint density at radius 3 is 3.18 bits per heavy atom. The fourth-order valence-corrected chi connectivity index (χ4v) is 2.47. The molecule has 2 unspecified atom stereocenters. The second-order valence-electron chi connectivity index (χ2n) is 4.68. The Kier molecular flexibility index (Phi) is 2.68. The monoisotopic (exact) mass is 231 g/mol. The summed E-state index contributed by atoms with van der Waals surface area (Å²) in [5, 5.41) is 7.48. The van der Waals surface area contributed by atoms with Gasteiger partial charge in [-0.15, -0.1) is 0 Å². The van der Waals surface area contributed by atoms with Gasteiger partial charge in [-0.2, -0.15) is 5.10 Å². The zero-order valence-electron chi connectivity index (χ0n) is 9.71. The predicted molar refractivity (Wildman–Crippen MR) is 66.8 cm³/mol. The van der Waals surface area contributed by atoms with Gasteiger partial charge in [-0.3, -0.25) is 0 Å². The number of nitrogens with one attached hydrogen (secondary N) is 1. The third-order valence-electron chi connectivity index (χ3n) is 3.52. The summed E-state index contributed by atoms with van der Waals surface area (Å²) >= 11 is 0. The van der Waals surface area contributed by atoms with E-state index < -0.39 is 0 Å². The zero-order chi connectivity index (χ0) is 11.7. The van der Waals surface area contributed by atoms with Crippen molar-refractivity contribution >= 4 is 11.5 Å². The summed E-state index contributed by atoms with van der Waals surface area (Å²) < 4.78 is 1.76. The first-order valence-corrected chi connectivity index (χ1v) is 6.13. The van der Waals surface area contributed by atoms with E-state index in [-0.39, 0.29) is 0 Å². The van der Waals surface area contributed by atoms with E-state index in [2.05, 4.69) is 15.4 Å². The molecule has 0 spiro atoms. The predicted octanol–water partition coefficient (Wildman–Crippen LogP) is 1.27. The van der Waals surface area contributed by atoms with Gasteiger partial charge in [0.15, 0.2) is 5.65 Å². The number of aromatic nitrogens is 3. The van der Waals surface area contributed by atoms with Gasteiger partial charge in [0.05, 0.1) is 6.20 Å². The number of hydrogen-bond donors (Lipinski definition) is 2. The lowest BCUT2D eigenvalue weighted by atomic mass is 10.1. The first kappa shape index (κ1) is 10.5. The summed E-state index contributed by atoms with van der Waals surface area (Å²) in [5.41, 5.74) is 6.91. The van der Waals surface area contributed by atoms with Gasteiger partial charge in [0.1, 0.15) is 5.82 Å². The lowest BCUT2D eigenvalue weighted by Crippen LogP contribution is -2.29. The van der Waals surface area contributed by atoms with Crippen LogP contribution >= 0.6 is 0 Å². The van der Waals surface area contributed by atoms with Gasteiger partial charge < -0.3 is 11.1 Å². The molecule has 2 atom stereocenters. The molecule has 17 heavy (non-hydrogen) atoms. The summed E-state index contributed by atoms with van der Waals surface area (Å²) in [6.07, 6.45) is 7.30. The maximum absolute atomic E-state index is 6.04. The average Bonchev–Trinajstić information content (AvgIpc) is 2.94. The van der Waals surface area contributed by atoms with E-state index in [1.165, 1.54) is 12.8 Å². The topological polar surface area (TPSA) is 68.2 Å². The molecule has 90 valence electrons. The number of fused-ring (bicyclic) bond motifs is 1. The van der Waals surface area contributed by atoms with E-state index in [9.17, 15) is 0 Å². The minimum absolute atomic E-state index is 0.348. The van der Waals surface area contributed by atoms with Crippen molar-refractivity contribution in [2.45, 2.75) is 25.3 Å². The van der Waals surface area contributed by atoms with E-state index in [1.54, 1.807) is 10.7 Å². The molecule has 0 radical (unpaired) electrons. The van der Waals surface area contributed by atoms with E-state index in [4.69, 9.17) is 5.73 Å². The van der Waals surface area contributed by atoms with Gasteiger partial charge in [0, 0.05) is 24.8 Å². The third-order valence-corrected chi connectivity index (χ3v) is 3.52. The van der Waals surface area contributed by atoms with Crippen LogP contribution < -0.4 is 11.1 Å². The highest BCUT2D eigenvalue weighted by atomic mass is 15.2. The molecular weight excluding hydrogens is 214 g/mol. The molecule has 0 bridgehead atoms. The maximum Gasteiger partial charge on any atom is 0.157 e. The maximum atomic E-state index is 6.04. The normalized spacial score (nSPS) is 24.3. The van der Waals surface area contributed by atoms with Crippen molar-refractivity contribution in [3.05, 3.63) is 24.5 Å². The fourth-order valence-electron chi connectivity index (χ4n) is 2.47. The summed E-state index contributed by atoms with van der Waals surface area (Å²) in [7, 11) is 0. The van der Waals surface area contributed by atoms with E-state index in [0.717, 1.165) is 24.4 Å². The molecule has 1 saturated carbocycles. The third kappa shape index (κ3) is 2.10. The quantitative estimate of drug-likeness (QED) is 0.834. The number of nitrogens with two attached hydrogens (primary N) is 1. The molecular formula is C12H17N5. The second-order valence-corrected chi connectivity index (χ2v) is 4.68. The van der Waals surface area contributed by atoms with Crippen LogP contribution in [-0.2, 0) is 0 Å². The number of anilines is 1. The van der Waals surface area contributed by atoms with Crippen molar-refractivity contribution in [2.75, 3.05) is 11.9 Å². The molecule has 3 N–H and O–H groups in total. The molecule has 3 rings (SSSR count). The molecule has 2 aromatic heterocycles. The molecule has 1 fully saturated rings. The number of nitrogens with zero attached hydrogens (tertiary/aromatic N) is 3. The van der Waals surface area contributed by atoms with Crippen LogP contribution in [0, 0.1) is 5.92 Å². The highest BCUT2D eigenvalue weighted by molar-refractivity contribution is 5.45. The van der Waals surface area contributed by atoms with E-state index >= 15 is 0 Å². The summed E-state index contributed by atoms with van der Waals surface area (Å²) in [4.78, 5) is 4.47. The Labute approximate surface area is 100 Å². The van der Waals surface area contributed by atoms with Gasteiger partial charge in [-0.1, -0.05) is 6.42 Å². The van der Waals surface area contributed by atoms with Crippen molar-refractivity contribution in [2.24, 2.45) is 11.7 Å². The Bertz CT molecular complexity index is 506. The van der Waals surface area contributed by atoms with Crippen molar-refractivity contribution in [3.8, 4) is 0 Å². The van der Waals surface area contributed by atoms with Crippen LogP contribution in [-0.4, -0.2) is 27.2 Å². The van der Waals surface area contributed by atoms with Crippen LogP contribution in [0.4, 0.5) is 5.82 Å². The van der Waals surface area contributed by atoms with Crippen LogP contribution in [0.15, 0.2) is 24.5 Å². The minimum Gasteiger partial charge on any atom is -0.370 e. The molecule has 2 aromatic rings. The molecule has 5 nitrogen and oxygen atoms in total. The van der Waals surface area contributed by atoms with Gasteiger partial charge in [0.25, 0.3) is 0 Å². The Morgan fingerprint density at radius 1 is 1.41 bits per heavy atom. The Balaban J connectivity index is 1.67. The van der Waals surface area contributed by atoms with Crippen LogP contribution in [0.2, 0.25) is 0 Å². The molecule has 0 aliphatic heterocycles. The zero-order valence-corrected chi connectivity index (χ0v) is 9.71. The first-order valence-electron chi connectivity index (χ1n) is 6.13. The molecule has 2 heterocycles. The van der Waals surface area contributed by atoms with Crippen LogP contribution in [0.1, 0.15) is 19.3 Å². The fraction of sp³-hybridized carbons (Fsp3) is 0.500. The summed E-state index contributed by atoms with van der Waals surface area (Å²) in [5.74, 6) is 1.48. The van der Waals surface area contributed by atoms with Crippen molar-refractivity contribution in [1.82, 2.24) is 14.6 Å². The van der Waals surface area contributed by atoms with Crippen molar-refractivity contribution in [3.63, 3.8) is 0 Å². The Hall–Kier alpha value is -1.62. The SMILES string of the molecule is NC1CCCC1CNc1ccn2nccc2n1. The van der Waals surface area contributed by atoms with Gasteiger partial charge in [-0.05, 0) is 24.8 Å². The lowest BCUT2D eigenvalue weighted by Gasteiger charge is -2.16. The lowest BCUT2D eigenvalue weighted by molar-refractivity contribution is 0.504. The van der Waals surface area contributed by atoms with Crippen LogP contribution in [0.3, 0.4) is 0 Å². The smallest absolute Gasteiger partial charge is 0.157 e. The van der Waals surface area contributed by atoms with Gasteiger partial charge >= 0.3 is 0 Å².